The highest BCUT2D eigenvalue weighted by Crippen LogP contribution is 2.55. The van der Waals surface area contributed by atoms with Crippen LogP contribution in [0.15, 0.2) is 48.5 Å². The second-order valence-corrected chi connectivity index (χ2v) is 6.00. The number of carbonyl (C=O) groups is 2. The van der Waals surface area contributed by atoms with Crippen molar-refractivity contribution in [2.75, 3.05) is 14.2 Å². The minimum atomic E-state index is -1.11. The van der Waals surface area contributed by atoms with E-state index < -0.39 is 23.2 Å². The van der Waals surface area contributed by atoms with E-state index in [1.807, 2.05) is 0 Å². The lowest BCUT2D eigenvalue weighted by Gasteiger charge is -2.16. The first kappa shape index (κ1) is 17.8. The van der Waals surface area contributed by atoms with E-state index in [1.165, 1.54) is 7.11 Å². The van der Waals surface area contributed by atoms with Gasteiger partial charge in [-0.25, -0.2) is 5.48 Å². The molecule has 2 atom stereocenters. The van der Waals surface area contributed by atoms with Gasteiger partial charge in [0.15, 0.2) is 0 Å². The van der Waals surface area contributed by atoms with Gasteiger partial charge < -0.3 is 14.2 Å². The number of rotatable bonds is 6. The Hall–Kier alpha value is -3.06. The fourth-order valence-electron chi connectivity index (χ4n) is 3.12. The maximum atomic E-state index is 12.3. The van der Waals surface area contributed by atoms with Crippen molar-refractivity contribution in [2.45, 2.75) is 11.8 Å². The van der Waals surface area contributed by atoms with Gasteiger partial charge in [-0.15, -0.1) is 0 Å². The summed E-state index contributed by atoms with van der Waals surface area (Å²) >= 11 is 0. The Kier molecular flexibility index (Phi) is 4.81. The van der Waals surface area contributed by atoms with Crippen LogP contribution in [-0.4, -0.2) is 31.3 Å². The average molecular weight is 357 g/mol. The molecule has 26 heavy (non-hydrogen) atoms. The van der Waals surface area contributed by atoms with Crippen molar-refractivity contribution in [1.82, 2.24) is 5.48 Å². The molecule has 2 aromatic rings. The van der Waals surface area contributed by atoms with Crippen molar-refractivity contribution >= 4 is 11.9 Å². The highest BCUT2D eigenvalue weighted by atomic mass is 16.5. The summed E-state index contributed by atoms with van der Waals surface area (Å²) in [6.07, 6.45) is 0.262. The van der Waals surface area contributed by atoms with Gasteiger partial charge in [-0.2, -0.15) is 0 Å². The molecule has 0 bridgehead atoms. The van der Waals surface area contributed by atoms with Crippen LogP contribution in [0.5, 0.6) is 17.2 Å². The zero-order chi connectivity index (χ0) is 18.7. The van der Waals surface area contributed by atoms with Gasteiger partial charge in [-0.1, -0.05) is 12.1 Å². The fraction of sp³-hybridized carbons (Fsp3) is 0.263. The Morgan fingerprint density at radius 1 is 1.08 bits per heavy atom. The number of hydrogen-bond donors (Lipinski definition) is 2. The summed E-state index contributed by atoms with van der Waals surface area (Å²) in [6.45, 7) is 0. The molecule has 1 amide bonds. The molecule has 0 radical (unpaired) electrons. The van der Waals surface area contributed by atoms with E-state index in [1.54, 1.807) is 61.1 Å². The normalized spacial score (nSPS) is 20.8. The summed E-state index contributed by atoms with van der Waals surface area (Å²) in [6, 6.07) is 14.0. The molecule has 0 spiro atoms. The van der Waals surface area contributed by atoms with Crippen LogP contribution in [0.2, 0.25) is 0 Å². The number of methoxy groups -OCH3 is 2. The number of benzene rings is 2. The minimum Gasteiger partial charge on any atom is -0.497 e. The molecule has 2 unspecified atom stereocenters. The van der Waals surface area contributed by atoms with Crippen molar-refractivity contribution in [2.24, 2.45) is 5.92 Å². The van der Waals surface area contributed by atoms with Gasteiger partial charge in [0, 0.05) is 0 Å². The lowest BCUT2D eigenvalue weighted by atomic mass is 9.92. The fourth-order valence-corrected chi connectivity index (χ4v) is 3.12. The molecule has 0 saturated heterocycles. The highest BCUT2D eigenvalue weighted by Gasteiger charge is 2.65. The van der Waals surface area contributed by atoms with Crippen LogP contribution < -0.4 is 15.0 Å². The van der Waals surface area contributed by atoms with Crippen LogP contribution in [0, 0.1) is 5.92 Å². The summed E-state index contributed by atoms with van der Waals surface area (Å²) < 4.78 is 15.8. The highest BCUT2D eigenvalue weighted by molar-refractivity contribution is 5.97. The molecular weight excluding hydrogens is 338 g/mol. The van der Waals surface area contributed by atoms with Crippen LogP contribution in [0.1, 0.15) is 12.0 Å². The molecule has 7 heteroatoms. The van der Waals surface area contributed by atoms with Gasteiger partial charge in [0.05, 0.1) is 20.1 Å². The van der Waals surface area contributed by atoms with E-state index in [-0.39, 0.29) is 6.42 Å². The van der Waals surface area contributed by atoms with E-state index in [4.69, 9.17) is 19.4 Å². The summed E-state index contributed by atoms with van der Waals surface area (Å²) in [5, 5.41) is 8.88. The first-order valence-electron chi connectivity index (χ1n) is 8.00. The number of esters is 1. The SMILES string of the molecule is COC(=O)C1(c2cccc(Oc3ccc(OC)cc3)c2)CC1C(=O)NO. The summed E-state index contributed by atoms with van der Waals surface area (Å²) in [4.78, 5) is 24.1. The van der Waals surface area contributed by atoms with Crippen molar-refractivity contribution in [1.29, 1.82) is 0 Å². The van der Waals surface area contributed by atoms with Gasteiger partial charge in [-0.3, -0.25) is 14.8 Å². The van der Waals surface area contributed by atoms with Gasteiger partial charge in [-0.05, 0) is 48.4 Å². The Bertz CT molecular complexity index is 819. The van der Waals surface area contributed by atoms with Crippen molar-refractivity contribution in [3.8, 4) is 17.2 Å². The Morgan fingerprint density at radius 2 is 1.77 bits per heavy atom. The smallest absolute Gasteiger partial charge is 0.317 e. The number of carbonyl (C=O) groups excluding carboxylic acids is 2. The molecule has 1 saturated carbocycles. The lowest BCUT2D eigenvalue weighted by molar-refractivity contribution is -0.146. The molecule has 1 aliphatic rings. The van der Waals surface area contributed by atoms with E-state index in [2.05, 4.69) is 0 Å². The third kappa shape index (κ3) is 3.09. The minimum absolute atomic E-state index is 0.262. The predicted molar refractivity (Wildman–Crippen MR) is 91.2 cm³/mol. The first-order valence-corrected chi connectivity index (χ1v) is 8.00. The maximum absolute atomic E-state index is 12.3. The molecule has 0 aromatic heterocycles. The summed E-state index contributed by atoms with van der Waals surface area (Å²) in [5.41, 5.74) is 1.10. The third-order valence-electron chi connectivity index (χ3n) is 4.58. The number of hydrogen-bond acceptors (Lipinski definition) is 6. The molecule has 3 rings (SSSR count). The maximum Gasteiger partial charge on any atom is 0.317 e. The van der Waals surface area contributed by atoms with Gasteiger partial charge in [0.25, 0.3) is 0 Å². The van der Waals surface area contributed by atoms with Gasteiger partial charge >= 0.3 is 5.97 Å². The average Bonchev–Trinajstić information content (AvgIpc) is 3.44. The zero-order valence-electron chi connectivity index (χ0n) is 14.4. The zero-order valence-corrected chi connectivity index (χ0v) is 14.4. The van der Waals surface area contributed by atoms with Crippen LogP contribution in [0.25, 0.3) is 0 Å². The molecular formula is C19H19NO6. The van der Waals surface area contributed by atoms with E-state index in [0.717, 1.165) is 0 Å². The van der Waals surface area contributed by atoms with Gasteiger partial charge in [0.2, 0.25) is 5.91 Å². The Balaban J connectivity index is 1.87. The monoisotopic (exact) mass is 357 g/mol. The molecule has 0 heterocycles. The molecule has 7 nitrogen and oxygen atoms in total. The molecule has 1 aliphatic carbocycles. The Morgan fingerprint density at radius 3 is 2.38 bits per heavy atom. The number of amides is 1. The lowest BCUT2D eigenvalue weighted by Crippen LogP contribution is -2.31. The molecule has 1 fully saturated rings. The molecule has 2 aromatic carbocycles. The largest absolute Gasteiger partial charge is 0.497 e. The van der Waals surface area contributed by atoms with Crippen molar-refractivity contribution < 1.29 is 29.0 Å². The van der Waals surface area contributed by atoms with E-state index in [0.29, 0.717) is 22.8 Å². The van der Waals surface area contributed by atoms with E-state index >= 15 is 0 Å². The van der Waals surface area contributed by atoms with Crippen LogP contribution >= 0.6 is 0 Å². The number of hydroxylamine groups is 1. The van der Waals surface area contributed by atoms with Crippen LogP contribution in [0.3, 0.4) is 0 Å². The predicted octanol–water partition coefficient (Wildman–Crippen LogP) is 2.42. The number of ether oxygens (including phenoxy) is 3. The molecule has 136 valence electrons. The third-order valence-corrected chi connectivity index (χ3v) is 4.58. The molecule has 2 N–H and O–H groups in total. The quantitative estimate of drug-likeness (QED) is 0.468. The first-order chi connectivity index (χ1) is 12.5. The van der Waals surface area contributed by atoms with Crippen LogP contribution in [0.4, 0.5) is 0 Å². The topological polar surface area (TPSA) is 94.1 Å². The van der Waals surface area contributed by atoms with Gasteiger partial charge in [0.1, 0.15) is 22.7 Å². The number of nitrogens with one attached hydrogen (secondary N) is 1. The van der Waals surface area contributed by atoms with E-state index in [9.17, 15) is 9.59 Å². The standard InChI is InChI=1S/C19H19NO6/c1-24-13-6-8-14(9-7-13)26-15-5-3-4-12(10-15)19(18(22)25-2)11-16(19)17(21)20-23/h3-10,16,23H,11H2,1-2H3,(H,20,21). The van der Waals surface area contributed by atoms with Crippen molar-refractivity contribution in [3.63, 3.8) is 0 Å². The van der Waals surface area contributed by atoms with Crippen LogP contribution in [-0.2, 0) is 19.7 Å². The molecule has 0 aliphatic heterocycles. The summed E-state index contributed by atoms with van der Waals surface area (Å²) in [7, 11) is 2.86. The van der Waals surface area contributed by atoms with Crippen molar-refractivity contribution in [3.05, 3.63) is 54.1 Å². The summed E-state index contributed by atoms with van der Waals surface area (Å²) in [5.74, 6) is 0.0221. The Labute approximate surface area is 150 Å². The second-order valence-electron chi connectivity index (χ2n) is 6.00. The second kappa shape index (κ2) is 7.05.